The lowest BCUT2D eigenvalue weighted by molar-refractivity contribution is -0.152. The highest BCUT2D eigenvalue weighted by Gasteiger charge is 2.79. The van der Waals surface area contributed by atoms with Gasteiger partial charge in [-0.1, -0.05) is 72.8 Å². The fourth-order valence-corrected chi connectivity index (χ4v) is 7.11. The summed E-state index contributed by atoms with van der Waals surface area (Å²) in [6.45, 7) is 2.99. The number of nitrogens with zero attached hydrogens (tertiary/aromatic N) is 2. The first-order chi connectivity index (χ1) is 21.2. The van der Waals surface area contributed by atoms with Crippen molar-refractivity contribution in [1.29, 1.82) is 5.26 Å². The van der Waals surface area contributed by atoms with E-state index in [4.69, 9.17) is 37.7 Å². The Balaban J connectivity index is 1.88. The molecule has 9 nitrogen and oxygen atoms in total. The minimum atomic E-state index is -2.51. The average molecular weight is 637 g/mol. The molecule has 228 valence electrons. The highest BCUT2D eigenvalue weighted by atomic mass is 35.5. The number of aliphatic imine (C=N–C) groups is 1. The fourth-order valence-electron chi connectivity index (χ4n) is 6.65. The summed E-state index contributed by atoms with van der Waals surface area (Å²) < 4.78 is 10.9. The first-order valence-electron chi connectivity index (χ1n) is 14.6. The molecule has 0 heterocycles. The van der Waals surface area contributed by atoms with E-state index < -0.39 is 40.4 Å². The van der Waals surface area contributed by atoms with Gasteiger partial charge in [-0.05, 0) is 38.8 Å². The van der Waals surface area contributed by atoms with E-state index in [1.54, 1.807) is 38.1 Å². The molecule has 1 spiro atoms. The number of benzene rings is 2. The predicted molar refractivity (Wildman–Crippen MR) is 164 cm³/mol. The van der Waals surface area contributed by atoms with Crippen LogP contribution in [0.1, 0.15) is 72.2 Å². The van der Waals surface area contributed by atoms with Crippen LogP contribution in [-0.2, 0) is 19.1 Å². The number of carbonyl (C=O) groups is 4. The van der Waals surface area contributed by atoms with Gasteiger partial charge >= 0.3 is 11.9 Å². The molecule has 0 aromatic heterocycles. The molecule has 44 heavy (non-hydrogen) atoms. The maximum atomic E-state index is 14.7. The summed E-state index contributed by atoms with van der Waals surface area (Å²) in [5.41, 5.74) is -4.95. The van der Waals surface area contributed by atoms with Crippen LogP contribution < -0.4 is 5.32 Å². The van der Waals surface area contributed by atoms with Gasteiger partial charge in [-0.25, -0.2) is 4.79 Å². The number of ether oxygens (including phenoxy) is 2. The Hall–Kier alpha value is -4.00. The van der Waals surface area contributed by atoms with Crippen molar-refractivity contribution in [2.24, 2.45) is 16.3 Å². The number of ketones is 2. The van der Waals surface area contributed by atoms with Gasteiger partial charge in [0.25, 0.3) is 0 Å². The Morgan fingerprint density at radius 2 is 1.66 bits per heavy atom. The number of rotatable bonds is 8. The van der Waals surface area contributed by atoms with Crippen molar-refractivity contribution in [2.75, 3.05) is 13.2 Å². The molecule has 0 radical (unpaired) electrons. The SMILES string of the molecule is CCOC(=O)C1=C(NC2CCCCC2)[C@@](C#N)(N=Cc2ccc(Cl)cc2Cl)C2(C(=O)c3ccccc3C2=O)[C@H]1C(=O)OCC. The summed E-state index contributed by atoms with van der Waals surface area (Å²) in [6.07, 6.45) is 5.46. The van der Waals surface area contributed by atoms with Crippen LogP contribution in [0.15, 0.2) is 58.7 Å². The normalized spacial score (nSPS) is 22.8. The zero-order valence-corrected chi connectivity index (χ0v) is 25.8. The summed E-state index contributed by atoms with van der Waals surface area (Å²) >= 11 is 12.5. The summed E-state index contributed by atoms with van der Waals surface area (Å²) in [6, 6.07) is 12.7. The van der Waals surface area contributed by atoms with E-state index in [1.807, 2.05) is 0 Å². The van der Waals surface area contributed by atoms with Crippen LogP contribution in [0.2, 0.25) is 10.0 Å². The van der Waals surface area contributed by atoms with Crippen LogP contribution in [0, 0.1) is 22.7 Å². The molecule has 0 aliphatic heterocycles. The van der Waals surface area contributed by atoms with E-state index in [1.165, 1.54) is 24.4 Å². The Kier molecular flexibility index (Phi) is 8.96. The van der Waals surface area contributed by atoms with Crippen LogP contribution >= 0.6 is 23.2 Å². The Labute approximate surface area is 265 Å². The van der Waals surface area contributed by atoms with Gasteiger partial charge in [-0.15, -0.1) is 0 Å². The van der Waals surface area contributed by atoms with E-state index in [-0.39, 0.29) is 46.7 Å². The molecule has 5 rings (SSSR count). The predicted octanol–water partition coefficient (Wildman–Crippen LogP) is 5.67. The number of carbonyl (C=O) groups excluding carboxylic acids is 4. The Bertz CT molecular complexity index is 1600. The summed E-state index contributed by atoms with van der Waals surface area (Å²) in [5.74, 6) is -5.39. The lowest BCUT2D eigenvalue weighted by Gasteiger charge is -2.38. The van der Waals surface area contributed by atoms with Gasteiger partial charge in [-0.3, -0.25) is 19.4 Å². The lowest BCUT2D eigenvalue weighted by atomic mass is 9.62. The van der Waals surface area contributed by atoms with Crippen LogP contribution in [0.3, 0.4) is 0 Å². The molecule has 3 aliphatic rings. The summed E-state index contributed by atoms with van der Waals surface area (Å²) in [5, 5.41) is 15.1. The van der Waals surface area contributed by atoms with Gasteiger partial charge in [0.2, 0.25) is 5.54 Å². The minimum absolute atomic E-state index is 0.0216. The molecule has 0 bridgehead atoms. The second-order valence-corrected chi connectivity index (χ2v) is 11.8. The Morgan fingerprint density at radius 3 is 2.23 bits per heavy atom. The van der Waals surface area contributed by atoms with Gasteiger partial charge in [0.15, 0.2) is 17.0 Å². The third-order valence-corrected chi connectivity index (χ3v) is 9.11. The summed E-state index contributed by atoms with van der Waals surface area (Å²) in [7, 11) is 0. The third kappa shape index (κ3) is 4.81. The van der Waals surface area contributed by atoms with E-state index in [0.29, 0.717) is 23.4 Å². The van der Waals surface area contributed by atoms with E-state index in [2.05, 4.69) is 11.4 Å². The zero-order chi connectivity index (χ0) is 31.6. The molecule has 0 unspecified atom stereocenters. The number of halogens is 2. The highest BCUT2D eigenvalue weighted by Crippen LogP contribution is 2.61. The van der Waals surface area contributed by atoms with Gasteiger partial charge in [-0.2, -0.15) is 5.26 Å². The number of nitrogens with one attached hydrogen (secondary N) is 1. The largest absolute Gasteiger partial charge is 0.465 e. The monoisotopic (exact) mass is 635 g/mol. The summed E-state index contributed by atoms with van der Waals surface area (Å²) in [4.78, 5) is 62.0. The van der Waals surface area contributed by atoms with Gasteiger partial charge in [0, 0.05) is 34.0 Å². The van der Waals surface area contributed by atoms with Crippen molar-refractivity contribution in [3.05, 3.63) is 80.5 Å². The van der Waals surface area contributed by atoms with E-state index >= 15 is 0 Å². The maximum absolute atomic E-state index is 14.7. The Morgan fingerprint density at radius 1 is 1.02 bits per heavy atom. The lowest BCUT2D eigenvalue weighted by Crippen LogP contribution is -2.58. The van der Waals surface area contributed by atoms with Crippen LogP contribution in [0.25, 0.3) is 0 Å². The number of esters is 2. The fraction of sp³-hybridized carbons (Fsp3) is 0.394. The average Bonchev–Trinajstić information content (AvgIpc) is 3.40. The maximum Gasteiger partial charge on any atom is 0.336 e. The molecule has 2 aromatic rings. The zero-order valence-electron chi connectivity index (χ0n) is 24.3. The van der Waals surface area contributed by atoms with Crippen molar-refractivity contribution >= 4 is 52.9 Å². The van der Waals surface area contributed by atoms with Gasteiger partial charge in [0.05, 0.1) is 29.5 Å². The number of nitriles is 1. The molecule has 1 fully saturated rings. The van der Waals surface area contributed by atoms with Crippen molar-refractivity contribution < 1.29 is 28.7 Å². The van der Waals surface area contributed by atoms with Gasteiger partial charge < -0.3 is 14.8 Å². The molecule has 1 N–H and O–H groups in total. The molecule has 2 atom stereocenters. The number of hydrogen-bond donors (Lipinski definition) is 1. The second-order valence-electron chi connectivity index (χ2n) is 10.9. The molecular weight excluding hydrogens is 605 g/mol. The highest BCUT2D eigenvalue weighted by molar-refractivity contribution is 6.36. The first kappa shape index (κ1) is 31.4. The molecule has 11 heteroatoms. The number of fused-ring (bicyclic) bond motifs is 1. The van der Waals surface area contributed by atoms with Crippen molar-refractivity contribution in [3.8, 4) is 6.07 Å². The topological polar surface area (TPSA) is 135 Å². The quantitative estimate of drug-likeness (QED) is 0.223. The molecule has 3 aliphatic carbocycles. The van der Waals surface area contributed by atoms with E-state index in [0.717, 1.165) is 19.3 Å². The van der Waals surface area contributed by atoms with Crippen LogP contribution in [0.5, 0.6) is 0 Å². The van der Waals surface area contributed by atoms with Crippen molar-refractivity contribution in [2.45, 2.75) is 57.5 Å². The standard InChI is InChI=1S/C33H31Cl2N3O6/c1-3-43-30(41)25-26(31(42)44-4-2)33(28(39)22-12-8-9-13-23(22)29(33)40)32(18-36,27(25)38-21-10-6-5-7-11-21)37-17-19-14-15-20(34)16-24(19)35/h8-9,12-17,21,26,38H,3-7,10-11H2,1-2H3/t26-,32-/m1/s1. The molecule has 0 amide bonds. The number of hydrogen-bond acceptors (Lipinski definition) is 9. The van der Waals surface area contributed by atoms with Gasteiger partial charge in [0.1, 0.15) is 12.0 Å². The minimum Gasteiger partial charge on any atom is -0.465 e. The second kappa shape index (κ2) is 12.5. The van der Waals surface area contributed by atoms with Crippen LogP contribution in [0.4, 0.5) is 0 Å². The van der Waals surface area contributed by atoms with E-state index in [9.17, 15) is 24.4 Å². The molecular formula is C33H31Cl2N3O6. The van der Waals surface area contributed by atoms with Crippen molar-refractivity contribution in [3.63, 3.8) is 0 Å². The molecule has 1 saturated carbocycles. The smallest absolute Gasteiger partial charge is 0.336 e. The first-order valence-corrected chi connectivity index (χ1v) is 15.4. The van der Waals surface area contributed by atoms with Crippen LogP contribution in [-0.4, -0.2) is 54.5 Å². The molecule has 2 aromatic carbocycles. The molecule has 0 saturated heterocycles. The third-order valence-electron chi connectivity index (χ3n) is 8.55. The number of Topliss-reactive ketones (excluding diaryl/α,β-unsaturated/α-hetero) is 2. The van der Waals surface area contributed by atoms with Crippen molar-refractivity contribution in [1.82, 2.24) is 5.32 Å².